The second-order valence-electron chi connectivity index (χ2n) is 7.01. The molecule has 2 aromatic carbocycles. The Kier molecular flexibility index (Phi) is 8.02. The van der Waals surface area contributed by atoms with Crippen molar-refractivity contribution in [1.82, 2.24) is 0 Å². The van der Waals surface area contributed by atoms with E-state index in [9.17, 15) is 9.59 Å². The van der Waals surface area contributed by atoms with E-state index in [4.69, 9.17) is 18.9 Å². The quantitative estimate of drug-likeness (QED) is 0.304. The molecule has 0 spiro atoms. The van der Waals surface area contributed by atoms with Crippen molar-refractivity contribution in [2.45, 2.75) is 33.1 Å². The largest absolute Gasteiger partial charge is 0.490 e. The highest BCUT2D eigenvalue weighted by molar-refractivity contribution is 5.84. The lowest BCUT2D eigenvalue weighted by atomic mass is 9.77. The number of esters is 2. The number of hydrogen-bond acceptors (Lipinski definition) is 6. The van der Waals surface area contributed by atoms with Crippen LogP contribution in [-0.4, -0.2) is 25.2 Å². The van der Waals surface area contributed by atoms with Gasteiger partial charge in [-0.3, -0.25) is 0 Å². The molecule has 0 atom stereocenters. The fraction of sp³-hybridized carbons (Fsp3) is 0.280. The van der Waals surface area contributed by atoms with Gasteiger partial charge in [0.1, 0.15) is 0 Å². The Labute approximate surface area is 183 Å². The van der Waals surface area contributed by atoms with Crippen LogP contribution in [0, 0.1) is 0 Å². The van der Waals surface area contributed by atoms with E-state index in [0.29, 0.717) is 36.2 Å². The van der Waals surface area contributed by atoms with Gasteiger partial charge < -0.3 is 18.9 Å². The first-order valence-corrected chi connectivity index (χ1v) is 10.0. The Bertz CT molecular complexity index is 896. The molecular formula is C25H28O6. The van der Waals surface area contributed by atoms with Gasteiger partial charge in [0.05, 0.1) is 13.2 Å². The van der Waals surface area contributed by atoms with Crippen molar-refractivity contribution in [3.63, 3.8) is 0 Å². The lowest BCUT2D eigenvalue weighted by Gasteiger charge is -2.31. The molecule has 6 heteroatoms. The maximum Gasteiger partial charge on any atom is 0.335 e. The summed E-state index contributed by atoms with van der Waals surface area (Å²) in [5.74, 6) is 0.324. The summed E-state index contributed by atoms with van der Waals surface area (Å²) in [5.41, 5.74) is 0.885. The number of benzene rings is 2. The zero-order chi connectivity index (χ0) is 23.0. The number of carbonyl (C=O) groups is 2. The monoisotopic (exact) mass is 424 g/mol. The van der Waals surface area contributed by atoms with Crippen molar-refractivity contribution < 1.29 is 28.5 Å². The lowest BCUT2D eigenvalue weighted by molar-refractivity contribution is -0.130. The van der Waals surface area contributed by atoms with Crippen molar-refractivity contribution in [3.05, 3.63) is 72.8 Å². The third kappa shape index (κ3) is 5.34. The molecule has 0 radical (unpaired) electrons. The molecule has 6 nitrogen and oxygen atoms in total. The molecule has 0 unspecified atom stereocenters. The van der Waals surface area contributed by atoms with Crippen LogP contribution in [0.5, 0.6) is 23.0 Å². The van der Waals surface area contributed by atoms with E-state index in [1.54, 1.807) is 24.3 Å². The molecule has 0 saturated carbocycles. The van der Waals surface area contributed by atoms with Gasteiger partial charge in [0.15, 0.2) is 23.0 Å². The SMILES string of the molecule is C=CC(=O)Oc1cccc(C(C)(C)c2cccc(OC(=O)C=C)c2OCC)c1OCC. The van der Waals surface area contributed by atoms with Gasteiger partial charge >= 0.3 is 11.9 Å². The molecule has 0 aliphatic rings. The topological polar surface area (TPSA) is 71.1 Å². The molecule has 0 N–H and O–H groups in total. The zero-order valence-electron chi connectivity index (χ0n) is 18.4. The molecule has 164 valence electrons. The van der Waals surface area contributed by atoms with E-state index in [1.807, 2.05) is 39.8 Å². The smallest absolute Gasteiger partial charge is 0.335 e. The van der Waals surface area contributed by atoms with Crippen LogP contribution >= 0.6 is 0 Å². The molecule has 0 amide bonds. The zero-order valence-corrected chi connectivity index (χ0v) is 18.4. The molecular weight excluding hydrogens is 396 g/mol. The van der Waals surface area contributed by atoms with Gasteiger partial charge in [-0.25, -0.2) is 9.59 Å². The average molecular weight is 424 g/mol. The van der Waals surface area contributed by atoms with Crippen LogP contribution in [0.2, 0.25) is 0 Å². The fourth-order valence-electron chi connectivity index (χ4n) is 3.21. The molecule has 0 aliphatic heterocycles. The molecule has 0 aromatic heterocycles. The van der Waals surface area contributed by atoms with Gasteiger partial charge in [0, 0.05) is 28.7 Å². The second kappa shape index (κ2) is 10.5. The van der Waals surface area contributed by atoms with Crippen molar-refractivity contribution in [3.8, 4) is 23.0 Å². The van der Waals surface area contributed by atoms with Gasteiger partial charge in [-0.15, -0.1) is 0 Å². The van der Waals surface area contributed by atoms with Gasteiger partial charge in [0.25, 0.3) is 0 Å². The number of carbonyl (C=O) groups excluding carboxylic acids is 2. The maximum atomic E-state index is 11.8. The van der Waals surface area contributed by atoms with Crippen molar-refractivity contribution in [2.75, 3.05) is 13.2 Å². The van der Waals surface area contributed by atoms with E-state index in [1.165, 1.54) is 0 Å². The molecule has 0 fully saturated rings. The van der Waals surface area contributed by atoms with Gasteiger partial charge in [0.2, 0.25) is 0 Å². The minimum absolute atomic E-state index is 0.296. The number of hydrogen-bond donors (Lipinski definition) is 0. The van der Waals surface area contributed by atoms with E-state index in [2.05, 4.69) is 13.2 Å². The normalized spacial score (nSPS) is 10.7. The molecule has 0 heterocycles. The van der Waals surface area contributed by atoms with Gasteiger partial charge in [-0.1, -0.05) is 51.3 Å². The van der Waals surface area contributed by atoms with Gasteiger partial charge in [-0.05, 0) is 26.0 Å². The summed E-state index contributed by atoms with van der Waals surface area (Å²) in [4.78, 5) is 23.6. The van der Waals surface area contributed by atoms with Crippen molar-refractivity contribution in [2.24, 2.45) is 0 Å². The van der Waals surface area contributed by atoms with Crippen LogP contribution in [0.15, 0.2) is 61.7 Å². The summed E-state index contributed by atoms with van der Waals surface area (Å²) >= 11 is 0. The fourth-order valence-corrected chi connectivity index (χ4v) is 3.21. The number of para-hydroxylation sites is 2. The molecule has 31 heavy (non-hydrogen) atoms. The van der Waals surface area contributed by atoms with E-state index in [-0.39, 0.29) is 0 Å². The van der Waals surface area contributed by atoms with Crippen LogP contribution in [0.4, 0.5) is 0 Å². The number of ether oxygens (including phenoxy) is 4. The highest BCUT2D eigenvalue weighted by Crippen LogP contribution is 2.47. The Morgan fingerprint density at radius 1 is 0.806 bits per heavy atom. The van der Waals surface area contributed by atoms with E-state index in [0.717, 1.165) is 23.3 Å². The van der Waals surface area contributed by atoms with Crippen LogP contribution in [0.1, 0.15) is 38.8 Å². The van der Waals surface area contributed by atoms with Crippen molar-refractivity contribution in [1.29, 1.82) is 0 Å². The standard InChI is InChI=1S/C25H28O6/c1-7-21(26)30-19-15-11-13-17(23(19)28-9-3)25(5,6)18-14-12-16-20(24(18)29-10-4)31-22(27)8-2/h7-8,11-16H,1-2,9-10H2,3-6H3. The Balaban J connectivity index is 2.68. The molecule has 2 rings (SSSR count). The first-order chi connectivity index (χ1) is 14.8. The first-order valence-electron chi connectivity index (χ1n) is 10.0. The third-order valence-electron chi connectivity index (χ3n) is 4.64. The Morgan fingerprint density at radius 2 is 1.19 bits per heavy atom. The summed E-state index contributed by atoms with van der Waals surface area (Å²) in [6, 6.07) is 10.7. The van der Waals surface area contributed by atoms with E-state index >= 15 is 0 Å². The predicted molar refractivity (Wildman–Crippen MR) is 119 cm³/mol. The summed E-state index contributed by atoms with van der Waals surface area (Å²) in [7, 11) is 0. The second-order valence-corrected chi connectivity index (χ2v) is 7.01. The molecule has 2 aromatic rings. The van der Waals surface area contributed by atoms with E-state index < -0.39 is 17.4 Å². The average Bonchev–Trinajstić information content (AvgIpc) is 2.75. The first kappa shape index (κ1) is 23.7. The maximum absolute atomic E-state index is 11.8. The molecule has 0 bridgehead atoms. The summed E-state index contributed by atoms with van der Waals surface area (Å²) in [6.07, 6.45) is 2.19. The third-order valence-corrected chi connectivity index (χ3v) is 4.64. The Morgan fingerprint density at radius 3 is 1.52 bits per heavy atom. The highest BCUT2D eigenvalue weighted by atomic mass is 16.6. The summed E-state index contributed by atoms with van der Waals surface area (Å²) in [5, 5.41) is 0. The van der Waals surface area contributed by atoms with Gasteiger partial charge in [-0.2, -0.15) is 0 Å². The predicted octanol–water partition coefficient (Wildman–Crippen LogP) is 4.99. The van der Waals surface area contributed by atoms with Crippen LogP contribution in [0.3, 0.4) is 0 Å². The number of rotatable bonds is 10. The highest BCUT2D eigenvalue weighted by Gasteiger charge is 2.33. The molecule has 0 saturated heterocycles. The Hall–Kier alpha value is -3.54. The summed E-state index contributed by atoms with van der Waals surface area (Å²) in [6.45, 7) is 15.3. The van der Waals surface area contributed by atoms with Crippen LogP contribution in [-0.2, 0) is 15.0 Å². The molecule has 0 aliphatic carbocycles. The van der Waals surface area contributed by atoms with Crippen LogP contribution < -0.4 is 18.9 Å². The van der Waals surface area contributed by atoms with Crippen LogP contribution in [0.25, 0.3) is 0 Å². The summed E-state index contributed by atoms with van der Waals surface area (Å²) < 4.78 is 22.6. The van der Waals surface area contributed by atoms with Crippen molar-refractivity contribution >= 4 is 11.9 Å². The minimum Gasteiger partial charge on any atom is -0.490 e. The lowest BCUT2D eigenvalue weighted by Crippen LogP contribution is -2.22. The minimum atomic E-state index is -0.664.